The van der Waals surface area contributed by atoms with Gasteiger partial charge in [-0.05, 0) is 25.8 Å². The van der Waals surface area contributed by atoms with Crippen molar-refractivity contribution in [2.45, 2.75) is 32.1 Å². The predicted molar refractivity (Wildman–Crippen MR) is 103 cm³/mol. The number of nitrogens with one attached hydrogen (secondary N) is 1. The molecule has 1 aliphatic heterocycles. The van der Waals surface area contributed by atoms with Crippen LogP contribution in [0.3, 0.4) is 0 Å². The molecule has 0 saturated carbocycles. The molecule has 1 heterocycles. The smallest absolute Gasteiger partial charge is 0.336 e. The van der Waals surface area contributed by atoms with E-state index >= 15 is 0 Å². The molecule has 2 aliphatic rings. The van der Waals surface area contributed by atoms with Gasteiger partial charge in [0.25, 0.3) is 0 Å². The Kier molecular flexibility index (Phi) is 5.63. The van der Waals surface area contributed by atoms with Crippen molar-refractivity contribution in [3.8, 4) is 17.2 Å². The number of carbonyl (C=O) groups is 2. The predicted octanol–water partition coefficient (Wildman–Crippen LogP) is 2.85. The molecule has 1 aromatic carbocycles. The maximum Gasteiger partial charge on any atom is 0.336 e. The van der Waals surface area contributed by atoms with Gasteiger partial charge in [0, 0.05) is 35.0 Å². The van der Waals surface area contributed by atoms with Crippen molar-refractivity contribution >= 4 is 11.8 Å². The van der Waals surface area contributed by atoms with Gasteiger partial charge in [0.1, 0.15) is 5.75 Å². The van der Waals surface area contributed by atoms with Gasteiger partial charge >= 0.3 is 5.97 Å². The molecule has 7 heteroatoms. The molecule has 28 heavy (non-hydrogen) atoms. The molecule has 0 amide bonds. The average Bonchev–Trinajstić information content (AvgIpc) is 2.71. The quantitative estimate of drug-likeness (QED) is 0.778. The molecule has 3 rings (SSSR count). The Morgan fingerprint density at radius 2 is 1.64 bits per heavy atom. The minimum atomic E-state index is -0.605. The first-order chi connectivity index (χ1) is 13.5. The van der Waals surface area contributed by atoms with Crippen LogP contribution in [0.25, 0.3) is 0 Å². The number of rotatable bonds is 5. The molecule has 1 N–H and O–H groups in total. The maximum atomic E-state index is 12.9. The number of ketones is 1. The minimum absolute atomic E-state index is 0.0180. The van der Waals surface area contributed by atoms with Gasteiger partial charge < -0.3 is 24.3 Å². The van der Waals surface area contributed by atoms with E-state index in [2.05, 4.69) is 5.32 Å². The third-order valence-electron chi connectivity index (χ3n) is 5.23. The Morgan fingerprint density at radius 3 is 2.25 bits per heavy atom. The number of allylic oxidation sites excluding steroid dienone is 3. The lowest BCUT2D eigenvalue weighted by atomic mass is 9.75. The van der Waals surface area contributed by atoms with Crippen molar-refractivity contribution in [1.82, 2.24) is 5.32 Å². The fourth-order valence-electron chi connectivity index (χ4n) is 3.95. The van der Waals surface area contributed by atoms with Gasteiger partial charge in [-0.1, -0.05) is 0 Å². The van der Waals surface area contributed by atoms with E-state index in [4.69, 9.17) is 18.9 Å². The third kappa shape index (κ3) is 3.21. The van der Waals surface area contributed by atoms with E-state index in [0.717, 1.165) is 18.5 Å². The second kappa shape index (κ2) is 7.96. The van der Waals surface area contributed by atoms with Crippen LogP contribution in [-0.4, -0.2) is 40.2 Å². The van der Waals surface area contributed by atoms with Gasteiger partial charge in [0.05, 0.1) is 39.9 Å². The van der Waals surface area contributed by atoms with E-state index in [1.54, 1.807) is 12.1 Å². The highest BCUT2D eigenvalue weighted by Gasteiger charge is 2.40. The van der Waals surface area contributed by atoms with Crippen LogP contribution in [0.15, 0.2) is 34.7 Å². The monoisotopic (exact) mass is 387 g/mol. The van der Waals surface area contributed by atoms with Crippen molar-refractivity contribution in [3.05, 3.63) is 40.2 Å². The molecular weight excluding hydrogens is 362 g/mol. The number of benzene rings is 1. The summed E-state index contributed by atoms with van der Waals surface area (Å²) in [6.45, 7) is 1.81. The number of dihydropyridines is 1. The van der Waals surface area contributed by atoms with Crippen molar-refractivity contribution in [1.29, 1.82) is 0 Å². The van der Waals surface area contributed by atoms with Gasteiger partial charge in [-0.3, -0.25) is 4.79 Å². The molecule has 0 saturated heterocycles. The molecule has 0 fully saturated rings. The minimum Gasteiger partial charge on any atom is -0.496 e. The number of carbonyl (C=O) groups excluding carboxylic acids is 2. The molecule has 7 nitrogen and oxygen atoms in total. The maximum absolute atomic E-state index is 12.9. The van der Waals surface area contributed by atoms with Crippen LogP contribution in [0.5, 0.6) is 17.2 Å². The third-order valence-corrected chi connectivity index (χ3v) is 5.23. The fraction of sp³-hybridized carbons (Fsp3) is 0.429. The standard InChI is InChI=1S/C21H25NO6/c1-11-18(21(24)28-5)19(20-13(22-11)7-6-8-14(20)23)12-9-16(26-3)17(27-4)10-15(12)25-2/h9-10,19,22H,6-8H2,1-5H3/t19-/m0/s1. The molecular formula is C21H25NO6. The fourth-order valence-corrected chi connectivity index (χ4v) is 3.95. The Morgan fingerprint density at radius 1 is 1.00 bits per heavy atom. The number of esters is 1. The number of Topliss-reactive ketones (excluding diaryl/α,β-unsaturated/α-hetero) is 1. The van der Waals surface area contributed by atoms with E-state index in [1.807, 2.05) is 6.92 Å². The number of hydrogen-bond acceptors (Lipinski definition) is 7. The summed E-state index contributed by atoms with van der Waals surface area (Å²) in [4.78, 5) is 25.6. The van der Waals surface area contributed by atoms with Crippen molar-refractivity contribution in [2.75, 3.05) is 28.4 Å². The van der Waals surface area contributed by atoms with Crippen LogP contribution in [0.4, 0.5) is 0 Å². The SMILES string of the molecule is COC(=O)C1=C(C)NC2=C(C(=O)CCC2)[C@H]1c1cc(OC)c(OC)cc1OC. The normalized spacial score (nSPS) is 19.0. The summed E-state index contributed by atoms with van der Waals surface area (Å²) >= 11 is 0. The zero-order chi connectivity index (χ0) is 20.4. The second-order valence-electron chi connectivity index (χ2n) is 6.71. The number of hydrogen-bond donors (Lipinski definition) is 1. The molecule has 1 aromatic rings. The van der Waals surface area contributed by atoms with Gasteiger partial charge in [0.2, 0.25) is 0 Å². The van der Waals surface area contributed by atoms with E-state index in [1.165, 1.54) is 28.4 Å². The van der Waals surface area contributed by atoms with Gasteiger partial charge in [-0.15, -0.1) is 0 Å². The summed E-state index contributed by atoms with van der Waals surface area (Å²) < 4.78 is 21.4. The van der Waals surface area contributed by atoms with Gasteiger partial charge in [0.15, 0.2) is 17.3 Å². The molecule has 1 aliphatic carbocycles. The van der Waals surface area contributed by atoms with Crippen LogP contribution in [0, 0.1) is 0 Å². The van der Waals surface area contributed by atoms with Gasteiger partial charge in [-0.25, -0.2) is 4.79 Å². The molecule has 0 radical (unpaired) electrons. The number of methoxy groups -OCH3 is 4. The van der Waals surface area contributed by atoms with Crippen LogP contribution in [-0.2, 0) is 14.3 Å². The summed E-state index contributed by atoms with van der Waals surface area (Å²) in [6, 6.07) is 3.46. The molecule has 0 unspecified atom stereocenters. The highest BCUT2D eigenvalue weighted by molar-refractivity contribution is 6.04. The molecule has 1 atom stereocenters. The van der Waals surface area contributed by atoms with Crippen LogP contribution in [0.1, 0.15) is 37.7 Å². The summed E-state index contributed by atoms with van der Waals surface area (Å²) in [5.41, 5.74) is 3.15. The first kappa shape index (κ1) is 19.8. The summed E-state index contributed by atoms with van der Waals surface area (Å²) in [5.74, 6) is 0.419. The van der Waals surface area contributed by atoms with Gasteiger partial charge in [-0.2, -0.15) is 0 Å². The Hall–Kier alpha value is -2.96. The lowest BCUT2D eigenvalue weighted by Crippen LogP contribution is -2.34. The van der Waals surface area contributed by atoms with E-state index in [0.29, 0.717) is 46.1 Å². The molecule has 0 spiro atoms. The largest absolute Gasteiger partial charge is 0.496 e. The zero-order valence-corrected chi connectivity index (χ0v) is 16.8. The van der Waals surface area contributed by atoms with Crippen LogP contribution < -0.4 is 19.5 Å². The Balaban J connectivity index is 2.30. The van der Waals surface area contributed by atoms with E-state index in [9.17, 15) is 9.59 Å². The molecule has 150 valence electrons. The van der Waals surface area contributed by atoms with E-state index in [-0.39, 0.29) is 5.78 Å². The zero-order valence-electron chi connectivity index (χ0n) is 16.8. The Bertz CT molecular complexity index is 883. The van der Waals surface area contributed by atoms with Crippen LogP contribution in [0.2, 0.25) is 0 Å². The second-order valence-corrected chi connectivity index (χ2v) is 6.71. The number of ether oxygens (including phenoxy) is 4. The lowest BCUT2D eigenvalue weighted by molar-refractivity contribution is -0.136. The topological polar surface area (TPSA) is 83.1 Å². The summed E-state index contributed by atoms with van der Waals surface area (Å²) in [6.07, 6.45) is 1.97. The first-order valence-electron chi connectivity index (χ1n) is 9.09. The molecule has 0 aromatic heterocycles. The van der Waals surface area contributed by atoms with Crippen LogP contribution >= 0.6 is 0 Å². The molecule has 0 bridgehead atoms. The lowest BCUT2D eigenvalue weighted by Gasteiger charge is -2.34. The summed E-state index contributed by atoms with van der Waals surface area (Å²) in [7, 11) is 5.95. The average molecular weight is 387 g/mol. The first-order valence-corrected chi connectivity index (χ1v) is 9.09. The highest BCUT2D eigenvalue weighted by atomic mass is 16.5. The highest BCUT2D eigenvalue weighted by Crippen LogP contribution is 2.48. The van der Waals surface area contributed by atoms with E-state index < -0.39 is 11.9 Å². The summed E-state index contributed by atoms with van der Waals surface area (Å²) in [5, 5.41) is 3.24. The Labute approximate surface area is 164 Å². The van der Waals surface area contributed by atoms with Crippen molar-refractivity contribution in [3.63, 3.8) is 0 Å². The van der Waals surface area contributed by atoms with Crippen molar-refractivity contribution in [2.24, 2.45) is 0 Å². The van der Waals surface area contributed by atoms with Crippen molar-refractivity contribution < 1.29 is 28.5 Å².